The zero-order chi connectivity index (χ0) is 20.3. The van der Waals surface area contributed by atoms with Gasteiger partial charge < -0.3 is 14.5 Å². The third-order valence-electron chi connectivity index (χ3n) is 4.66. The van der Waals surface area contributed by atoms with Gasteiger partial charge in [-0.15, -0.1) is 0 Å². The molecule has 0 bridgehead atoms. The van der Waals surface area contributed by atoms with Crippen LogP contribution in [0.1, 0.15) is 32.8 Å². The molecular weight excluding hydrogens is 354 g/mol. The van der Waals surface area contributed by atoms with Gasteiger partial charge in [0.25, 0.3) is 5.91 Å². The van der Waals surface area contributed by atoms with Gasteiger partial charge in [0.1, 0.15) is 5.75 Å². The minimum absolute atomic E-state index is 0.0759. The van der Waals surface area contributed by atoms with Crippen LogP contribution in [0.4, 0.5) is 11.4 Å². The van der Waals surface area contributed by atoms with E-state index in [1.165, 1.54) is 0 Å². The van der Waals surface area contributed by atoms with E-state index in [9.17, 15) is 9.59 Å². The number of ether oxygens (including phenoxy) is 1. The SMILES string of the molecule is CC1Oc2ccccc2N(CCC(=O)N(c2cccc(C#N)c2)C(C)C)C1=O. The zero-order valence-electron chi connectivity index (χ0n) is 16.3. The van der Waals surface area contributed by atoms with Gasteiger partial charge in [0.2, 0.25) is 5.91 Å². The molecule has 0 saturated carbocycles. The normalized spacial score (nSPS) is 15.6. The van der Waals surface area contributed by atoms with E-state index in [0.717, 1.165) is 0 Å². The fourth-order valence-electron chi connectivity index (χ4n) is 3.37. The van der Waals surface area contributed by atoms with Crippen molar-refractivity contribution in [3.8, 4) is 11.8 Å². The lowest BCUT2D eigenvalue weighted by molar-refractivity contribution is -0.125. The van der Waals surface area contributed by atoms with Crippen LogP contribution in [0.5, 0.6) is 5.75 Å². The molecule has 1 unspecified atom stereocenters. The van der Waals surface area contributed by atoms with Gasteiger partial charge in [0.05, 0.1) is 17.3 Å². The third-order valence-corrected chi connectivity index (χ3v) is 4.66. The first kappa shape index (κ1) is 19.4. The summed E-state index contributed by atoms with van der Waals surface area (Å²) in [6.07, 6.45) is -0.416. The number of amides is 2. The molecule has 0 radical (unpaired) electrons. The topological polar surface area (TPSA) is 73.6 Å². The quantitative estimate of drug-likeness (QED) is 0.799. The van der Waals surface area contributed by atoms with Crippen LogP contribution in [0.15, 0.2) is 48.5 Å². The second-order valence-corrected chi connectivity index (χ2v) is 6.99. The molecule has 2 aromatic rings. The van der Waals surface area contributed by atoms with Gasteiger partial charge in [-0.1, -0.05) is 18.2 Å². The molecule has 0 aromatic heterocycles. The van der Waals surface area contributed by atoms with Crippen LogP contribution in [-0.4, -0.2) is 30.5 Å². The van der Waals surface area contributed by atoms with Crippen molar-refractivity contribution >= 4 is 23.2 Å². The number of para-hydroxylation sites is 2. The summed E-state index contributed by atoms with van der Waals surface area (Å²) < 4.78 is 5.64. The van der Waals surface area contributed by atoms with Gasteiger partial charge >= 0.3 is 0 Å². The van der Waals surface area contributed by atoms with Crippen LogP contribution in [0.25, 0.3) is 0 Å². The van der Waals surface area contributed by atoms with Gasteiger partial charge in [-0.2, -0.15) is 5.26 Å². The summed E-state index contributed by atoms with van der Waals surface area (Å²) in [7, 11) is 0. The van der Waals surface area contributed by atoms with Crippen molar-refractivity contribution < 1.29 is 14.3 Å². The molecule has 2 aromatic carbocycles. The maximum absolute atomic E-state index is 13.0. The minimum Gasteiger partial charge on any atom is -0.479 e. The molecule has 2 amide bonds. The fourth-order valence-corrected chi connectivity index (χ4v) is 3.37. The lowest BCUT2D eigenvalue weighted by Gasteiger charge is -2.34. The van der Waals surface area contributed by atoms with Crippen LogP contribution in [-0.2, 0) is 9.59 Å². The Hall–Kier alpha value is -3.33. The summed E-state index contributed by atoms with van der Waals surface area (Å²) in [5, 5.41) is 9.13. The Balaban J connectivity index is 1.80. The van der Waals surface area contributed by atoms with Crippen LogP contribution in [0.3, 0.4) is 0 Å². The Labute approximate surface area is 164 Å². The first-order valence-corrected chi connectivity index (χ1v) is 9.31. The van der Waals surface area contributed by atoms with Crippen LogP contribution in [0, 0.1) is 11.3 Å². The van der Waals surface area contributed by atoms with Crippen LogP contribution < -0.4 is 14.5 Å². The van der Waals surface area contributed by atoms with E-state index in [-0.39, 0.29) is 30.8 Å². The molecule has 1 aliphatic rings. The Morgan fingerprint density at radius 3 is 2.71 bits per heavy atom. The van der Waals surface area contributed by atoms with Crippen LogP contribution >= 0.6 is 0 Å². The van der Waals surface area contributed by atoms with Crippen molar-refractivity contribution in [2.45, 2.75) is 39.3 Å². The maximum atomic E-state index is 13.0. The lowest BCUT2D eigenvalue weighted by Crippen LogP contribution is -2.46. The molecule has 1 atom stereocenters. The van der Waals surface area contributed by atoms with Crippen molar-refractivity contribution in [3.05, 3.63) is 54.1 Å². The molecule has 0 N–H and O–H groups in total. The summed E-state index contributed by atoms with van der Waals surface area (Å²) in [5.74, 6) is 0.382. The highest BCUT2D eigenvalue weighted by atomic mass is 16.5. The molecule has 1 heterocycles. The van der Waals surface area contributed by atoms with Crippen molar-refractivity contribution in [2.75, 3.05) is 16.3 Å². The van der Waals surface area contributed by atoms with E-state index in [0.29, 0.717) is 22.7 Å². The van der Waals surface area contributed by atoms with Gasteiger partial charge in [-0.25, -0.2) is 0 Å². The van der Waals surface area contributed by atoms with Crippen molar-refractivity contribution in [3.63, 3.8) is 0 Å². The van der Waals surface area contributed by atoms with Gasteiger partial charge in [0.15, 0.2) is 6.10 Å². The van der Waals surface area contributed by atoms with E-state index in [2.05, 4.69) is 6.07 Å². The van der Waals surface area contributed by atoms with Crippen molar-refractivity contribution in [1.82, 2.24) is 0 Å². The van der Waals surface area contributed by atoms with E-state index in [4.69, 9.17) is 10.00 Å². The minimum atomic E-state index is -0.585. The van der Waals surface area contributed by atoms with Gasteiger partial charge in [0, 0.05) is 24.7 Å². The van der Waals surface area contributed by atoms with E-state index in [1.807, 2.05) is 44.2 Å². The number of nitrogens with zero attached hydrogens (tertiary/aromatic N) is 3. The number of anilines is 2. The van der Waals surface area contributed by atoms with Crippen molar-refractivity contribution in [1.29, 1.82) is 5.26 Å². The third kappa shape index (κ3) is 3.84. The van der Waals surface area contributed by atoms with E-state index >= 15 is 0 Å². The second-order valence-electron chi connectivity index (χ2n) is 6.99. The summed E-state index contributed by atoms with van der Waals surface area (Å²) in [6, 6.07) is 16.3. The highest BCUT2D eigenvalue weighted by molar-refractivity contribution is 6.01. The summed E-state index contributed by atoms with van der Waals surface area (Å²) in [6.45, 7) is 5.83. The van der Waals surface area contributed by atoms with Crippen molar-refractivity contribution in [2.24, 2.45) is 0 Å². The number of hydrogen-bond acceptors (Lipinski definition) is 4. The Bertz CT molecular complexity index is 933. The number of nitriles is 1. The standard InChI is InChI=1S/C22H23N3O3/c1-15(2)25(18-8-6-7-17(13-18)14-23)21(26)11-12-24-19-9-4-5-10-20(19)28-16(3)22(24)27/h4-10,13,15-16H,11-12H2,1-3H3. The first-order valence-electron chi connectivity index (χ1n) is 9.31. The summed E-state index contributed by atoms with van der Waals surface area (Å²) >= 11 is 0. The molecule has 144 valence electrons. The second kappa shape index (κ2) is 8.13. The number of carbonyl (C=O) groups is 2. The van der Waals surface area contributed by atoms with Gasteiger partial charge in [-0.3, -0.25) is 9.59 Å². The monoisotopic (exact) mass is 377 g/mol. The summed E-state index contributed by atoms with van der Waals surface area (Å²) in [4.78, 5) is 28.9. The largest absolute Gasteiger partial charge is 0.479 e. The molecule has 6 nitrogen and oxygen atoms in total. The molecule has 0 spiro atoms. The fraction of sp³-hybridized carbons (Fsp3) is 0.318. The number of fused-ring (bicyclic) bond motifs is 1. The average molecular weight is 377 g/mol. The zero-order valence-corrected chi connectivity index (χ0v) is 16.3. The molecular formula is C22H23N3O3. The predicted octanol–water partition coefficient (Wildman–Crippen LogP) is 3.50. The smallest absolute Gasteiger partial charge is 0.267 e. The van der Waals surface area contributed by atoms with E-state index < -0.39 is 6.10 Å². The Morgan fingerprint density at radius 2 is 2.00 bits per heavy atom. The molecule has 0 saturated heterocycles. The maximum Gasteiger partial charge on any atom is 0.267 e. The highest BCUT2D eigenvalue weighted by Crippen LogP contribution is 2.33. The van der Waals surface area contributed by atoms with Gasteiger partial charge in [-0.05, 0) is 51.1 Å². The molecule has 28 heavy (non-hydrogen) atoms. The molecule has 1 aliphatic heterocycles. The average Bonchev–Trinajstić information content (AvgIpc) is 2.68. The lowest BCUT2D eigenvalue weighted by atomic mass is 10.1. The number of benzene rings is 2. The predicted molar refractivity (Wildman–Crippen MR) is 107 cm³/mol. The molecule has 3 rings (SSSR count). The molecule has 6 heteroatoms. The number of hydrogen-bond donors (Lipinski definition) is 0. The Kier molecular flexibility index (Phi) is 5.65. The van der Waals surface area contributed by atoms with E-state index in [1.54, 1.807) is 34.9 Å². The summed E-state index contributed by atoms with van der Waals surface area (Å²) in [5.41, 5.74) is 1.86. The first-order chi connectivity index (χ1) is 13.4. The Morgan fingerprint density at radius 1 is 1.25 bits per heavy atom. The molecule has 0 fully saturated rings. The number of rotatable bonds is 5. The molecule has 0 aliphatic carbocycles. The number of carbonyl (C=O) groups excluding carboxylic acids is 2. The highest BCUT2D eigenvalue weighted by Gasteiger charge is 2.32. The van der Waals surface area contributed by atoms with Crippen LogP contribution in [0.2, 0.25) is 0 Å².